The molecule has 0 saturated carbocycles. The molecule has 0 saturated heterocycles. The van der Waals surface area contributed by atoms with Crippen molar-refractivity contribution in [2.24, 2.45) is 0 Å². The topological polar surface area (TPSA) is 46.9 Å². The highest BCUT2D eigenvalue weighted by molar-refractivity contribution is 7.99. The van der Waals surface area contributed by atoms with Crippen molar-refractivity contribution in [1.82, 2.24) is 9.55 Å². The van der Waals surface area contributed by atoms with E-state index in [1.54, 1.807) is 0 Å². The van der Waals surface area contributed by atoms with Crippen LogP contribution in [0.25, 0.3) is 0 Å². The van der Waals surface area contributed by atoms with Crippen molar-refractivity contribution in [2.45, 2.75) is 31.8 Å². The van der Waals surface area contributed by atoms with E-state index in [1.165, 1.54) is 22.9 Å². The first kappa shape index (κ1) is 18.3. The van der Waals surface area contributed by atoms with Crippen molar-refractivity contribution >= 4 is 23.4 Å². The van der Waals surface area contributed by atoms with Gasteiger partial charge in [0.15, 0.2) is 0 Å². The molecule has 0 aliphatic carbocycles. The van der Waals surface area contributed by atoms with E-state index in [2.05, 4.69) is 33.9 Å². The monoisotopic (exact) mass is 365 g/mol. The highest BCUT2D eigenvalue weighted by Crippen LogP contribution is 2.22. The molecule has 0 radical (unpaired) electrons. The average molecular weight is 366 g/mol. The summed E-state index contributed by atoms with van der Waals surface area (Å²) >= 11 is 1.52. The van der Waals surface area contributed by atoms with Gasteiger partial charge in [-0.15, -0.1) is 0 Å². The number of aromatic nitrogens is 2. The van der Waals surface area contributed by atoms with Gasteiger partial charge in [-0.2, -0.15) is 0 Å². The molecule has 0 aliphatic heterocycles. The van der Waals surface area contributed by atoms with E-state index >= 15 is 0 Å². The van der Waals surface area contributed by atoms with Gasteiger partial charge in [-0.25, -0.2) is 4.98 Å². The summed E-state index contributed by atoms with van der Waals surface area (Å²) in [6.45, 7) is 4.97. The molecule has 26 heavy (non-hydrogen) atoms. The standard InChI is InChI=1S/C21H23N3OS/c1-3-24-19(13-17-7-5-4-6-8-17)22-14-21(24)26-15-20(25)23-18-11-9-16(2)10-12-18/h4-12,14H,3,13,15H2,1-2H3,(H,23,25). The minimum absolute atomic E-state index is 0.00712. The number of rotatable bonds is 7. The van der Waals surface area contributed by atoms with Gasteiger partial charge >= 0.3 is 0 Å². The number of hydrogen-bond acceptors (Lipinski definition) is 3. The lowest BCUT2D eigenvalue weighted by atomic mass is 10.1. The van der Waals surface area contributed by atoms with Crippen LogP contribution in [-0.2, 0) is 17.8 Å². The van der Waals surface area contributed by atoms with E-state index in [0.717, 1.165) is 29.5 Å². The quantitative estimate of drug-likeness (QED) is 0.626. The summed E-state index contributed by atoms with van der Waals surface area (Å²) in [7, 11) is 0. The first-order valence-corrected chi connectivity index (χ1v) is 9.72. The van der Waals surface area contributed by atoms with Crippen LogP contribution in [0.5, 0.6) is 0 Å². The van der Waals surface area contributed by atoms with Crippen LogP contribution in [-0.4, -0.2) is 21.2 Å². The van der Waals surface area contributed by atoms with Gasteiger partial charge in [0, 0.05) is 18.7 Å². The third-order valence-electron chi connectivity index (χ3n) is 4.11. The summed E-state index contributed by atoms with van der Waals surface area (Å²) in [6.07, 6.45) is 2.66. The Morgan fingerprint density at radius 3 is 2.54 bits per heavy atom. The van der Waals surface area contributed by atoms with Crippen LogP contribution in [0.4, 0.5) is 5.69 Å². The Labute approximate surface area is 158 Å². The number of nitrogens with one attached hydrogen (secondary N) is 1. The Morgan fingerprint density at radius 1 is 1.12 bits per heavy atom. The molecule has 134 valence electrons. The third-order valence-corrected chi connectivity index (χ3v) is 5.14. The molecule has 0 atom stereocenters. The summed E-state index contributed by atoms with van der Waals surface area (Å²) in [5.74, 6) is 1.39. The van der Waals surface area contributed by atoms with E-state index in [1.807, 2.05) is 55.6 Å². The van der Waals surface area contributed by atoms with Gasteiger partial charge in [0.05, 0.1) is 17.0 Å². The third kappa shape index (κ3) is 4.76. The predicted molar refractivity (Wildman–Crippen MR) is 108 cm³/mol. The fraction of sp³-hybridized carbons (Fsp3) is 0.238. The lowest BCUT2D eigenvalue weighted by Gasteiger charge is -2.10. The number of benzene rings is 2. The fourth-order valence-corrected chi connectivity index (χ4v) is 3.61. The Bertz CT molecular complexity index is 857. The molecule has 4 nitrogen and oxygen atoms in total. The van der Waals surface area contributed by atoms with Crippen LogP contribution in [0.1, 0.15) is 23.9 Å². The van der Waals surface area contributed by atoms with Crippen LogP contribution in [0.2, 0.25) is 0 Å². The molecular formula is C21H23N3OS. The minimum atomic E-state index is -0.00712. The average Bonchev–Trinajstić information content (AvgIpc) is 3.04. The second-order valence-corrected chi connectivity index (χ2v) is 7.12. The van der Waals surface area contributed by atoms with Crippen molar-refractivity contribution in [3.63, 3.8) is 0 Å². The van der Waals surface area contributed by atoms with E-state index in [-0.39, 0.29) is 5.91 Å². The van der Waals surface area contributed by atoms with Gasteiger partial charge in [0.2, 0.25) is 5.91 Å². The number of hydrogen-bond donors (Lipinski definition) is 1. The Hall–Kier alpha value is -2.53. The molecule has 0 unspecified atom stereocenters. The molecule has 1 heterocycles. The molecule has 1 N–H and O–H groups in total. The number of anilines is 1. The molecular weight excluding hydrogens is 342 g/mol. The maximum absolute atomic E-state index is 12.2. The summed E-state index contributed by atoms with van der Waals surface area (Å²) in [5, 5.41) is 3.96. The number of imidazole rings is 1. The lowest BCUT2D eigenvalue weighted by Crippen LogP contribution is -2.14. The molecule has 3 aromatic rings. The molecule has 2 aromatic carbocycles. The number of thioether (sulfide) groups is 1. The second kappa shape index (κ2) is 8.72. The number of amides is 1. The molecule has 1 amide bonds. The Kier molecular flexibility index (Phi) is 6.12. The van der Waals surface area contributed by atoms with Crippen molar-refractivity contribution in [2.75, 3.05) is 11.1 Å². The van der Waals surface area contributed by atoms with Gasteiger partial charge in [-0.1, -0.05) is 59.8 Å². The highest BCUT2D eigenvalue weighted by Gasteiger charge is 2.12. The molecule has 0 aliphatic rings. The van der Waals surface area contributed by atoms with Crippen molar-refractivity contribution in [1.29, 1.82) is 0 Å². The lowest BCUT2D eigenvalue weighted by molar-refractivity contribution is -0.113. The summed E-state index contributed by atoms with van der Waals surface area (Å²) in [6, 6.07) is 18.1. The first-order chi connectivity index (χ1) is 12.7. The van der Waals surface area contributed by atoms with Crippen LogP contribution >= 0.6 is 11.8 Å². The van der Waals surface area contributed by atoms with Gasteiger partial charge in [0.25, 0.3) is 0 Å². The Balaban J connectivity index is 1.61. The Morgan fingerprint density at radius 2 is 1.85 bits per heavy atom. The van der Waals surface area contributed by atoms with Crippen LogP contribution in [0.15, 0.2) is 65.8 Å². The minimum Gasteiger partial charge on any atom is -0.325 e. The first-order valence-electron chi connectivity index (χ1n) is 8.73. The zero-order chi connectivity index (χ0) is 18.4. The molecule has 0 bridgehead atoms. The number of aryl methyl sites for hydroxylation is 1. The van der Waals surface area contributed by atoms with Crippen molar-refractivity contribution in [3.8, 4) is 0 Å². The molecule has 0 fully saturated rings. The predicted octanol–water partition coefficient (Wildman–Crippen LogP) is 4.53. The van der Waals surface area contributed by atoms with Gasteiger partial charge in [-0.3, -0.25) is 4.79 Å². The molecule has 0 spiro atoms. The van der Waals surface area contributed by atoms with Crippen LogP contribution in [0.3, 0.4) is 0 Å². The zero-order valence-corrected chi connectivity index (χ0v) is 15.9. The molecule has 3 rings (SSSR count). The zero-order valence-electron chi connectivity index (χ0n) is 15.1. The van der Waals surface area contributed by atoms with E-state index < -0.39 is 0 Å². The largest absolute Gasteiger partial charge is 0.325 e. The number of carbonyl (C=O) groups excluding carboxylic acids is 1. The van der Waals surface area contributed by atoms with E-state index in [9.17, 15) is 4.79 Å². The normalized spacial score (nSPS) is 10.7. The van der Waals surface area contributed by atoms with Crippen molar-refractivity contribution in [3.05, 3.63) is 77.7 Å². The second-order valence-electron chi connectivity index (χ2n) is 6.12. The van der Waals surface area contributed by atoms with Crippen molar-refractivity contribution < 1.29 is 4.79 Å². The smallest absolute Gasteiger partial charge is 0.234 e. The summed E-state index contributed by atoms with van der Waals surface area (Å²) in [4.78, 5) is 16.8. The number of carbonyl (C=O) groups is 1. The van der Waals surface area contributed by atoms with Crippen LogP contribution < -0.4 is 5.32 Å². The summed E-state index contributed by atoms with van der Waals surface area (Å²) < 4.78 is 2.18. The molecule has 1 aromatic heterocycles. The van der Waals surface area contributed by atoms with E-state index in [0.29, 0.717) is 5.75 Å². The maximum atomic E-state index is 12.2. The fourth-order valence-electron chi connectivity index (χ4n) is 2.74. The van der Waals surface area contributed by atoms with Gasteiger partial charge < -0.3 is 9.88 Å². The van der Waals surface area contributed by atoms with Gasteiger partial charge in [-0.05, 0) is 31.5 Å². The van der Waals surface area contributed by atoms with Crippen LogP contribution in [0, 0.1) is 6.92 Å². The maximum Gasteiger partial charge on any atom is 0.234 e. The molecule has 5 heteroatoms. The summed E-state index contributed by atoms with van der Waals surface area (Å²) in [5.41, 5.74) is 3.24. The highest BCUT2D eigenvalue weighted by atomic mass is 32.2. The number of nitrogens with zero attached hydrogens (tertiary/aromatic N) is 2. The SMILES string of the molecule is CCn1c(SCC(=O)Nc2ccc(C)cc2)cnc1Cc1ccccc1. The van der Waals surface area contributed by atoms with E-state index in [4.69, 9.17) is 0 Å². The van der Waals surface area contributed by atoms with Gasteiger partial charge in [0.1, 0.15) is 5.82 Å².